The molecule has 0 aromatic carbocycles. The molecule has 1 rings (SSSR count). The van der Waals surface area contributed by atoms with Crippen molar-refractivity contribution < 1.29 is 17.9 Å². The van der Waals surface area contributed by atoms with Crippen LogP contribution in [0, 0.1) is 5.92 Å². The first-order valence-corrected chi connectivity index (χ1v) is 6.49. The zero-order valence-corrected chi connectivity index (χ0v) is 10.9. The molecule has 6 heteroatoms. The summed E-state index contributed by atoms with van der Waals surface area (Å²) >= 11 is 0. The van der Waals surface area contributed by atoms with Gasteiger partial charge in [-0.1, -0.05) is 12.8 Å². The normalized spacial score (nSPS) is 25.7. The molecule has 18 heavy (non-hydrogen) atoms. The zero-order chi connectivity index (χ0) is 13.6. The lowest BCUT2D eigenvalue weighted by molar-refractivity contribution is -0.174. The van der Waals surface area contributed by atoms with Crippen LogP contribution in [0.1, 0.15) is 25.7 Å². The Bertz CT molecular complexity index is 236. The second kappa shape index (κ2) is 7.31. The Labute approximate surface area is 106 Å². The van der Waals surface area contributed by atoms with Crippen LogP contribution in [-0.2, 0) is 4.74 Å². The van der Waals surface area contributed by atoms with Gasteiger partial charge >= 0.3 is 6.18 Å². The summed E-state index contributed by atoms with van der Waals surface area (Å²) in [5.74, 6) is 0.464. The molecule has 1 aliphatic rings. The highest BCUT2D eigenvalue weighted by atomic mass is 19.4. The average Bonchev–Trinajstić information content (AvgIpc) is 2.33. The number of hydrogen-bond acceptors (Lipinski definition) is 3. The molecule has 2 atom stereocenters. The molecule has 0 spiro atoms. The van der Waals surface area contributed by atoms with Gasteiger partial charge in [-0.05, 0) is 32.4 Å². The molecule has 108 valence electrons. The Kier molecular flexibility index (Phi) is 6.38. The Morgan fingerprint density at radius 3 is 2.56 bits per heavy atom. The topological polar surface area (TPSA) is 38.5 Å². The van der Waals surface area contributed by atoms with Gasteiger partial charge in [-0.2, -0.15) is 13.2 Å². The molecule has 1 fully saturated rings. The summed E-state index contributed by atoms with van der Waals surface area (Å²) in [6.07, 6.45) is 0.349. The zero-order valence-electron chi connectivity index (χ0n) is 10.9. The van der Waals surface area contributed by atoms with E-state index in [1.807, 2.05) is 7.05 Å². The third-order valence-electron chi connectivity index (χ3n) is 3.59. The van der Waals surface area contributed by atoms with Crippen molar-refractivity contribution in [3.8, 4) is 0 Å². The van der Waals surface area contributed by atoms with Gasteiger partial charge < -0.3 is 15.4 Å². The van der Waals surface area contributed by atoms with Gasteiger partial charge in [0.15, 0.2) is 0 Å². The maximum Gasteiger partial charge on any atom is 0.411 e. The van der Waals surface area contributed by atoms with Gasteiger partial charge in [-0.3, -0.25) is 0 Å². The Hall–Kier alpha value is -0.330. The van der Waals surface area contributed by atoms with Crippen LogP contribution < -0.4 is 5.73 Å². The lowest BCUT2D eigenvalue weighted by atomic mass is 9.84. The van der Waals surface area contributed by atoms with Crippen molar-refractivity contribution in [1.29, 1.82) is 0 Å². The molecule has 1 aliphatic carbocycles. The van der Waals surface area contributed by atoms with E-state index in [0.717, 1.165) is 12.8 Å². The molecule has 0 radical (unpaired) electrons. The third kappa shape index (κ3) is 5.54. The Morgan fingerprint density at radius 1 is 1.28 bits per heavy atom. The summed E-state index contributed by atoms with van der Waals surface area (Å²) < 4.78 is 40.3. The number of nitrogens with zero attached hydrogens (tertiary/aromatic N) is 1. The fraction of sp³-hybridized carbons (Fsp3) is 1.00. The van der Waals surface area contributed by atoms with E-state index in [1.165, 1.54) is 12.8 Å². The van der Waals surface area contributed by atoms with Gasteiger partial charge in [0.2, 0.25) is 0 Å². The maximum absolute atomic E-state index is 11.9. The molecule has 0 heterocycles. The first-order valence-electron chi connectivity index (χ1n) is 6.49. The lowest BCUT2D eigenvalue weighted by Crippen LogP contribution is -2.44. The number of likely N-dealkylation sites (N-methyl/N-ethyl adjacent to an activating group) is 1. The molecule has 0 aromatic rings. The minimum atomic E-state index is -4.23. The van der Waals surface area contributed by atoms with E-state index < -0.39 is 12.8 Å². The van der Waals surface area contributed by atoms with Crippen LogP contribution in [0.4, 0.5) is 13.2 Å². The van der Waals surface area contributed by atoms with E-state index in [9.17, 15) is 13.2 Å². The highest BCUT2D eigenvalue weighted by Crippen LogP contribution is 2.27. The van der Waals surface area contributed by atoms with Crippen molar-refractivity contribution in [2.45, 2.75) is 37.9 Å². The second-order valence-corrected chi connectivity index (χ2v) is 5.00. The van der Waals surface area contributed by atoms with Gasteiger partial charge in [-0.25, -0.2) is 0 Å². The molecular formula is C12H23F3N2O. The third-order valence-corrected chi connectivity index (χ3v) is 3.59. The van der Waals surface area contributed by atoms with Crippen molar-refractivity contribution in [3.05, 3.63) is 0 Å². The number of nitrogens with two attached hydrogens (primary N) is 1. The summed E-state index contributed by atoms with van der Waals surface area (Å²) in [6, 6.07) is 0.387. The highest BCUT2D eigenvalue weighted by molar-refractivity contribution is 4.82. The molecule has 0 saturated heterocycles. The van der Waals surface area contributed by atoms with E-state index in [0.29, 0.717) is 25.0 Å². The van der Waals surface area contributed by atoms with Gasteiger partial charge in [0, 0.05) is 12.6 Å². The molecular weight excluding hydrogens is 245 g/mol. The van der Waals surface area contributed by atoms with E-state index >= 15 is 0 Å². The number of hydrogen-bond donors (Lipinski definition) is 1. The minimum absolute atomic E-state index is 0.115. The fourth-order valence-corrected chi connectivity index (χ4v) is 2.61. The van der Waals surface area contributed by atoms with Crippen LogP contribution in [0.5, 0.6) is 0 Å². The molecule has 0 aromatic heterocycles. The lowest BCUT2D eigenvalue weighted by Gasteiger charge is -2.37. The van der Waals surface area contributed by atoms with Gasteiger partial charge in [0.05, 0.1) is 6.61 Å². The predicted octanol–water partition coefficient (Wildman–Crippen LogP) is 2.01. The molecule has 2 N–H and O–H groups in total. The second-order valence-electron chi connectivity index (χ2n) is 5.00. The van der Waals surface area contributed by atoms with E-state index in [4.69, 9.17) is 5.73 Å². The van der Waals surface area contributed by atoms with Crippen molar-refractivity contribution in [3.63, 3.8) is 0 Å². The standard InChI is InChI=1S/C12H23F3N2O/c1-17(6-7-18-9-12(13,14)15)11-5-3-2-4-10(11)8-16/h10-11H,2-9,16H2,1H3. The summed E-state index contributed by atoms with van der Waals surface area (Å²) in [4.78, 5) is 2.09. The van der Waals surface area contributed by atoms with Crippen molar-refractivity contribution in [2.24, 2.45) is 11.7 Å². The van der Waals surface area contributed by atoms with Crippen LogP contribution in [-0.4, -0.2) is 50.5 Å². The van der Waals surface area contributed by atoms with Gasteiger partial charge in [0.1, 0.15) is 6.61 Å². The van der Waals surface area contributed by atoms with Crippen LogP contribution in [0.25, 0.3) is 0 Å². The largest absolute Gasteiger partial charge is 0.411 e. The van der Waals surface area contributed by atoms with E-state index in [1.54, 1.807) is 0 Å². The minimum Gasteiger partial charge on any atom is -0.371 e. The molecule has 2 unspecified atom stereocenters. The first-order chi connectivity index (χ1) is 8.44. The maximum atomic E-state index is 11.9. The molecule has 0 aliphatic heterocycles. The van der Waals surface area contributed by atoms with Crippen molar-refractivity contribution >= 4 is 0 Å². The first kappa shape index (κ1) is 15.7. The summed E-state index contributed by atoms with van der Waals surface area (Å²) in [5.41, 5.74) is 5.74. The number of alkyl halides is 3. The highest BCUT2D eigenvalue weighted by Gasteiger charge is 2.29. The van der Waals surface area contributed by atoms with Crippen LogP contribution in [0.15, 0.2) is 0 Å². The van der Waals surface area contributed by atoms with Crippen LogP contribution >= 0.6 is 0 Å². The average molecular weight is 268 g/mol. The van der Waals surface area contributed by atoms with Crippen LogP contribution in [0.3, 0.4) is 0 Å². The summed E-state index contributed by atoms with van der Waals surface area (Å²) in [6.45, 7) is 0.130. The summed E-state index contributed by atoms with van der Waals surface area (Å²) in [7, 11) is 1.94. The van der Waals surface area contributed by atoms with E-state index in [-0.39, 0.29) is 6.61 Å². The Balaban J connectivity index is 2.24. The van der Waals surface area contributed by atoms with Gasteiger partial charge in [-0.15, -0.1) is 0 Å². The van der Waals surface area contributed by atoms with Crippen LogP contribution in [0.2, 0.25) is 0 Å². The van der Waals surface area contributed by atoms with Crippen molar-refractivity contribution in [2.75, 3.05) is 33.4 Å². The van der Waals surface area contributed by atoms with E-state index in [2.05, 4.69) is 9.64 Å². The smallest absolute Gasteiger partial charge is 0.371 e. The molecule has 3 nitrogen and oxygen atoms in total. The SMILES string of the molecule is CN(CCOCC(F)(F)F)C1CCCCC1CN. The summed E-state index contributed by atoms with van der Waals surface area (Å²) in [5, 5.41) is 0. The van der Waals surface area contributed by atoms with Gasteiger partial charge in [0.25, 0.3) is 0 Å². The number of rotatable bonds is 6. The Morgan fingerprint density at radius 2 is 1.94 bits per heavy atom. The van der Waals surface area contributed by atoms with Crippen molar-refractivity contribution in [1.82, 2.24) is 4.90 Å². The quantitative estimate of drug-likeness (QED) is 0.749. The molecule has 0 amide bonds. The fourth-order valence-electron chi connectivity index (χ4n) is 2.61. The monoisotopic (exact) mass is 268 g/mol. The predicted molar refractivity (Wildman–Crippen MR) is 64.3 cm³/mol. The number of ether oxygens (including phenoxy) is 1. The molecule has 1 saturated carbocycles. The number of halogens is 3. The molecule has 0 bridgehead atoms.